The fourth-order valence-electron chi connectivity index (χ4n) is 9.75. The lowest BCUT2D eigenvalue weighted by molar-refractivity contribution is -0.0399. The van der Waals surface area contributed by atoms with Crippen LogP contribution in [0.5, 0.6) is 0 Å². The summed E-state index contributed by atoms with van der Waals surface area (Å²) in [5.41, 5.74) is 13.9. The van der Waals surface area contributed by atoms with E-state index in [0.29, 0.717) is 0 Å². The second-order valence-corrected chi connectivity index (χ2v) is 13.1. The third-order valence-electron chi connectivity index (χ3n) is 11.0. The molecule has 0 aliphatic heterocycles. The summed E-state index contributed by atoms with van der Waals surface area (Å²) in [5, 5.41) is 3.64. The minimum Gasteiger partial charge on any atom is -0.356 e. The topological polar surface area (TPSA) is 12.0 Å². The predicted octanol–water partition coefficient (Wildman–Crippen LogP) is 10.5. The smallest absolute Gasteiger partial charge is 0.0390 e. The van der Waals surface area contributed by atoms with Gasteiger partial charge in [0.1, 0.15) is 0 Å². The van der Waals surface area contributed by atoms with Gasteiger partial charge in [0.15, 0.2) is 0 Å². The molecule has 0 aromatic heterocycles. The highest BCUT2D eigenvalue weighted by Crippen LogP contribution is 2.69. The number of benzene rings is 5. The molecule has 1 nitrogen and oxygen atoms in total. The van der Waals surface area contributed by atoms with E-state index in [1.165, 1.54) is 65.5 Å². The maximum Gasteiger partial charge on any atom is 0.0390 e. The number of rotatable bonds is 4. The summed E-state index contributed by atoms with van der Waals surface area (Å²) in [7, 11) is 0. The molecule has 0 saturated heterocycles. The highest BCUT2D eigenvalue weighted by molar-refractivity contribution is 5.93. The zero-order valence-corrected chi connectivity index (χ0v) is 23.4. The van der Waals surface area contributed by atoms with E-state index in [1.807, 2.05) is 0 Å². The van der Waals surface area contributed by atoms with E-state index in [9.17, 15) is 0 Å². The largest absolute Gasteiger partial charge is 0.356 e. The van der Waals surface area contributed by atoms with Gasteiger partial charge < -0.3 is 5.32 Å². The molecule has 200 valence electrons. The van der Waals surface area contributed by atoms with Crippen molar-refractivity contribution >= 4 is 11.4 Å². The van der Waals surface area contributed by atoms with Crippen LogP contribution in [-0.2, 0) is 5.41 Å². The first-order valence-electron chi connectivity index (χ1n) is 15.5. The molecule has 0 radical (unpaired) electrons. The van der Waals surface area contributed by atoms with E-state index < -0.39 is 0 Å². The predicted molar refractivity (Wildman–Crippen MR) is 170 cm³/mol. The number of hydrogen-bond donors (Lipinski definition) is 1. The Hall–Kier alpha value is -4.10. The van der Waals surface area contributed by atoms with Crippen molar-refractivity contribution in [3.63, 3.8) is 0 Å². The van der Waals surface area contributed by atoms with E-state index in [0.717, 1.165) is 35.0 Å². The van der Waals surface area contributed by atoms with E-state index in [1.54, 1.807) is 11.1 Å². The first kappa shape index (κ1) is 23.6. The van der Waals surface area contributed by atoms with Gasteiger partial charge in [-0.2, -0.15) is 0 Å². The van der Waals surface area contributed by atoms with Crippen molar-refractivity contribution in [1.82, 2.24) is 0 Å². The van der Waals surface area contributed by atoms with Crippen molar-refractivity contribution in [1.29, 1.82) is 0 Å². The molecule has 4 bridgehead atoms. The van der Waals surface area contributed by atoms with Gasteiger partial charge in [-0.15, -0.1) is 0 Å². The van der Waals surface area contributed by atoms with Crippen molar-refractivity contribution in [3.8, 4) is 33.4 Å². The maximum atomic E-state index is 3.64. The SMILES string of the molecule is c1ccc(-c2cccc(Nc3ccc(-c4cccc5c4-c4ccccc4C54C5CC6CC(C5)CC4C6)cc3)c2)cc1. The van der Waals surface area contributed by atoms with Gasteiger partial charge in [0.05, 0.1) is 0 Å². The highest BCUT2D eigenvalue weighted by Gasteiger charge is 2.61. The van der Waals surface area contributed by atoms with Crippen LogP contribution in [-0.4, -0.2) is 0 Å². The fourth-order valence-corrected chi connectivity index (χ4v) is 9.75. The first-order chi connectivity index (χ1) is 20.3. The van der Waals surface area contributed by atoms with E-state index in [2.05, 4.69) is 127 Å². The van der Waals surface area contributed by atoms with Gasteiger partial charge in [0, 0.05) is 16.8 Å². The fraction of sp³-hybridized carbons (Fsp3) is 0.250. The van der Waals surface area contributed by atoms with Gasteiger partial charge in [-0.3, -0.25) is 0 Å². The molecule has 1 spiro atoms. The molecule has 4 fully saturated rings. The van der Waals surface area contributed by atoms with Crippen LogP contribution in [0.25, 0.3) is 33.4 Å². The molecule has 1 heteroatoms. The van der Waals surface area contributed by atoms with E-state index in [-0.39, 0.29) is 5.41 Å². The lowest BCUT2D eigenvalue weighted by Gasteiger charge is -2.61. The Bertz CT molecular complexity index is 1740. The molecule has 0 atom stereocenters. The van der Waals surface area contributed by atoms with Gasteiger partial charge >= 0.3 is 0 Å². The number of nitrogens with one attached hydrogen (secondary N) is 1. The van der Waals surface area contributed by atoms with Crippen molar-refractivity contribution in [2.24, 2.45) is 23.7 Å². The Balaban J connectivity index is 1.09. The lowest BCUT2D eigenvalue weighted by Crippen LogP contribution is -2.55. The zero-order valence-electron chi connectivity index (χ0n) is 23.4. The average Bonchev–Trinajstić information content (AvgIpc) is 3.32. The van der Waals surface area contributed by atoms with Crippen LogP contribution < -0.4 is 5.32 Å². The van der Waals surface area contributed by atoms with Gasteiger partial charge in [-0.25, -0.2) is 0 Å². The van der Waals surface area contributed by atoms with Crippen LogP contribution >= 0.6 is 0 Å². The summed E-state index contributed by atoms with van der Waals surface area (Å²) in [6.45, 7) is 0. The monoisotopic (exact) mass is 529 g/mol. The molecule has 10 rings (SSSR count). The normalized spacial score (nSPS) is 26.6. The number of anilines is 2. The Kier molecular flexibility index (Phi) is 5.15. The molecule has 4 saturated carbocycles. The lowest BCUT2D eigenvalue weighted by atomic mass is 9.43. The minimum absolute atomic E-state index is 0.223. The second-order valence-electron chi connectivity index (χ2n) is 13.1. The molecule has 1 N–H and O–H groups in total. The minimum atomic E-state index is 0.223. The van der Waals surface area contributed by atoms with E-state index in [4.69, 9.17) is 0 Å². The van der Waals surface area contributed by atoms with Crippen LogP contribution in [0.2, 0.25) is 0 Å². The molecule has 5 aliphatic rings. The summed E-state index contributed by atoms with van der Waals surface area (Å²) < 4.78 is 0. The molecule has 5 aromatic rings. The second kappa shape index (κ2) is 8.95. The van der Waals surface area contributed by atoms with Gasteiger partial charge in [0.2, 0.25) is 0 Å². The number of hydrogen-bond acceptors (Lipinski definition) is 1. The highest BCUT2D eigenvalue weighted by atomic mass is 14.9. The van der Waals surface area contributed by atoms with Gasteiger partial charge in [0.25, 0.3) is 0 Å². The van der Waals surface area contributed by atoms with Crippen LogP contribution in [0, 0.1) is 23.7 Å². The molecule has 5 aliphatic carbocycles. The standard InChI is InChI=1S/C40H35N/c1-2-8-28(9-3-1)30-10-6-11-34(25-30)41-33-18-16-29(17-19-33)35-13-7-15-38-39(35)36-12-4-5-14-37(36)40(38)31-21-26-20-27(23-31)24-32(40)22-26/h1-19,25-27,31-32,41H,20-24H2. The van der Waals surface area contributed by atoms with Crippen molar-refractivity contribution in [3.05, 3.63) is 132 Å². The summed E-state index contributed by atoms with van der Waals surface area (Å²) in [4.78, 5) is 0. The summed E-state index contributed by atoms with van der Waals surface area (Å²) in [6.07, 6.45) is 7.20. The van der Waals surface area contributed by atoms with Crippen LogP contribution in [0.3, 0.4) is 0 Å². The van der Waals surface area contributed by atoms with Crippen molar-refractivity contribution in [2.45, 2.75) is 37.5 Å². The van der Waals surface area contributed by atoms with Gasteiger partial charge in [-0.1, -0.05) is 97.1 Å². The van der Waals surface area contributed by atoms with Crippen LogP contribution in [0.4, 0.5) is 11.4 Å². The van der Waals surface area contributed by atoms with Gasteiger partial charge in [-0.05, 0) is 125 Å². The molecule has 0 unspecified atom stereocenters. The average molecular weight is 530 g/mol. The van der Waals surface area contributed by atoms with Crippen molar-refractivity contribution in [2.75, 3.05) is 5.32 Å². The third-order valence-corrected chi connectivity index (χ3v) is 11.0. The Morgan fingerprint density at radius 3 is 1.88 bits per heavy atom. The molecule has 0 amide bonds. The summed E-state index contributed by atoms with van der Waals surface area (Å²) in [5.74, 6) is 3.54. The third kappa shape index (κ3) is 3.48. The number of fused-ring (bicyclic) bond motifs is 3. The molecule has 5 aromatic carbocycles. The quantitative estimate of drug-likeness (QED) is 0.244. The molecule has 0 heterocycles. The Morgan fingerprint density at radius 2 is 1.10 bits per heavy atom. The summed E-state index contributed by atoms with van der Waals surface area (Å²) in [6, 6.07) is 45.0. The van der Waals surface area contributed by atoms with Crippen LogP contribution in [0.15, 0.2) is 121 Å². The van der Waals surface area contributed by atoms with E-state index >= 15 is 0 Å². The molecule has 41 heavy (non-hydrogen) atoms. The first-order valence-corrected chi connectivity index (χ1v) is 15.5. The zero-order chi connectivity index (χ0) is 27.0. The van der Waals surface area contributed by atoms with Crippen LogP contribution in [0.1, 0.15) is 43.2 Å². The maximum absolute atomic E-state index is 3.64. The summed E-state index contributed by atoms with van der Waals surface area (Å²) >= 11 is 0. The molecular formula is C40H35N. The Labute approximate surface area is 243 Å². The molecular weight excluding hydrogens is 494 g/mol. The Morgan fingerprint density at radius 1 is 0.463 bits per heavy atom. The van der Waals surface area contributed by atoms with Crippen molar-refractivity contribution < 1.29 is 0 Å².